The number of hydrogen-bond acceptors (Lipinski definition) is 5. The van der Waals surface area contributed by atoms with Gasteiger partial charge in [0.05, 0.1) is 24.2 Å². The second-order valence-corrected chi connectivity index (χ2v) is 7.56. The van der Waals surface area contributed by atoms with E-state index >= 15 is 0 Å². The van der Waals surface area contributed by atoms with E-state index in [1.165, 1.54) is 4.90 Å². The standard InChI is InChI=1S/C21H23F3N4O2/c1-2-16-5-6-17(12-25)28(16)20(29)13-27-15-3-7-18(8-4-15)30-19-11-14(9-10-26-19)21(22,23)24/h1,9-11,15-18,27H,3-8,13H2/t15-,16-,17-,18-/m0/s1. The number of pyridine rings is 1. The Kier molecular flexibility index (Phi) is 6.84. The van der Waals surface area contributed by atoms with Crippen LogP contribution in [0.3, 0.4) is 0 Å². The highest BCUT2D eigenvalue weighted by Crippen LogP contribution is 2.31. The van der Waals surface area contributed by atoms with Gasteiger partial charge in [0.2, 0.25) is 11.8 Å². The van der Waals surface area contributed by atoms with E-state index in [1.54, 1.807) is 0 Å². The van der Waals surface area contributed by atoms with Crippen molar-refractivity contribution in [2.75, 3.05) is 6.54 Å². The van der Waals surface area contributed by atoms with Gasteiger partial charge < -0.3 is 15.0 Å². The highest BCUT2D eigenvalue weighted by Gasteiger charge is 2.36. The van der Waals surface area contributed by atoms with Crippen LogP contribution in [0.15, 0.2) is 18.3 Å². The topological polar surface area (TPSA) is 78.2 Å². The van der Waals surface area contributed by atoms with E-state index < -0.39 is 17.8 Å². The number of terminal acetylenes is 1. The van der Waals surface area contributed by atoms with E-state index in [0.717, 1.165) is 31.2 Å². The number of nitriles is 1. The lowest BCUT2D eigenvalue weighted by atomic mass is 9.93. The lowest BCUT2D eigenvalue weighted by Gasteiger charge is -2.30. The molecule has 2 atom stereocenters. The second-order valence-electron chi connectivity index (χ2n) is 7.56. The number of carbonyl (C=O) groups excluding carboxylic acids is 1. The fourth-order valence-electron chi connectivity index (χ4n) is 3.98. The van der Waals surface area contributed by atoms with Gasteiger partial charge in [0.25, 0.3) is 0 Å². The van der Waals surface area contributed by atoms with Crippen LogP contribution in [0.2, 0.25) is 0 Å². The maximum absolute atomic E-state index is 12.8. The summed E-state index contributed by atoms with van der Waals surface area (Å²) in [5.41, 5.74) is -0.788. The molecule has 1 aromatic rings. The number of nitrogens with one attached hydrogen (secondary N) is 1. The van der Waals surface area contributed by atoms with Crippen LogP contribution in [0.5, 0.6) is 5.88 Å². The normalized spacial score (nSPS) is 26.6. The molecule has 1 amide bonds. The van der Waals surface area contributed by atoms with Gasteiger partial charge in [-0.3, -0.25) is 4.79 Å². The van der Waals surface area contributed by atoms with Crippen LogP contribution < -0.4 is 10.1 Å². The molecular weight excluding hydrogens is 397 g/mol. The number of ether oxygens (including phenoxy) is 1. The van der Waals surface area contributed by atoms with Crippen molar-refractivity contribution in [3.63, 3.8) is 0 Å². The molecule has 1 saturated carbocycles. The predicted molar refractivity (Wildman–Crippen MR) is 102 cm³/mol. The molecule has 0 radical (unpaired) electrons. The van der Waals surface area contributed by atoms with Gasteiger partial charge in [0.1, 0.15) is 12.1 Å². The molecule has 3 rings (SSSR count). The van der Waals surface area contributed by atoms with Gasteiger partial charge in [-0.05, 0) is 44.6 Å². The molecule has 9 heteroatoms. The van der Waals surface area contributed by atoms with Crippen LogP contribution in [-0.4, -0.2) is 46.6 Å². The molecule has 160 valence electrons. The molecule has 30 heavy (non-hydrogen) atoms. The molecule has 1 aliphatic heterocycles. The summed E-state index contributed by atoms with van der Waals surface area (Å²) in [4.78, 5) is 17.9. The first-order valence-corrected chi connectivity index (χ1v) is 9.92. The Bertz CT molecular complexity index is 816. The number of carbonyl (C=O) groups is 1. The van der Waals surface area contributed by atoms with E-state index in [-0.39, 0.29) is 36.5 Å². The Balaban J connectivity index is 1.46. The van der Waals surface area contributed by atoms with Crippen molar-refractivity contribution in [3.8, 4) is 24.3 Å². The average Bonchev–Trinajstić information content (AvgIpc) is 3.16. The number of rotatable bonds is 5. The van der Waals surface area contributed by atoms with E-state index in [4.69, 9.17) is 11.2 Å². The summed E-state index contributed by atoms with van der Waals surface area (Å²) in [7, 11) is 0. The molecule has 1 N–H and O–H groups in total. The van der Waals surface area contributed by atoms with Crippen molar-refractivity contribution in [2.24, 2.45) is 0 Å². The van der Waals surface area contributed by atoms with Gasteiger partial charge in [0, 0.05) is 18.3 Å². The Morgan fingerprint density at radius 3 is 2.60 bits per heavy atom. The molecule has 2 aliphatic rings. The molecule has 0 aromatic carbocycles. The largest absolute Gasteiger partial charge is 0.474 e. The summed E-state index contributed by atoms with van der Waals surface area (Å²) in [5, 5.41) is 12.4. The fourth-order valence-corrected chi connectivity index (χ4v) is 3.98. The maximum Gasteiger partial charge on any atom is 0.416 e. The van der Waals surface area contributed by atoms with Crippen LogP contribution in [0, 0.1) is 23.7 Å². The third-order valence-corrected chi connectivity index (χ3v) is 5.58. The van der Waals surface area contributed by atoms with E-state index in [0.29, 0.717) is 25.7 Å². The molecule has 0 spiro atoms. The van der Waals surface area contributed by atoms with Crippen LogP contribution >= 0.6 is 0 Å². The lowest BCUT2D eigenvalue weighted by molar-refractivity contribution is -0.137. The zero-order chi connectivity index (χ0) is 21.7. The number of likely N-dealkylation sites (tertiary alicyclic amines) is 1. The molecule has 6 nitrogen and oxygen atoms in total. The quantitative estimate of drug-likeness (QED) is 0.742. The van der Waals surface area contributed by atoms with Crippen molar-refractivity contribution >= 4 is 5.91 Å². The van der Waals surface area contributed by atoms with Gasteiger partial charge >= 0.3 is 6.18 Å². The zero-order valence-electron chi connectivity index (χ0n) is 16.4. The number of halogens is 3. The summed E-state index contributed by atoms with van der Waals surface area (Å²) < 4.78 is 44.0. The summed E-state index contributed by atoms with van der Waals surface area (Å²) in [6.07, 6.45) is 5.84. The van der Waals surface area contributed by atoms with E-state index in [9.17, 15) is 23.2 Å². The van der Waals surface area contributed by atoms with Crippen molar-refractivity contribution in [2.45, 2.75) is 68.9 Å². The highest BCUT2D eigenvalue weighted by atomic mass is 19.4. The van der Waals surface area contributed by atoms with Gasteiger partial charge in [-0.1, -0.05) is 5.92 Å². The first-order chi connectivity index (χ1) is 14.3. The zero-order valence-corrected chi connectivity index (χ0v) is 16.4. The summed E-state index contributed by atoms with van der Waals surface area (Å²) >= 11 is 0. The van der Waals surface area contributed by atoms with E-state index in [2.05, 4.69) is 22.3 Å². The van der Waals surface area contributed by atoms with Gasteiger partial charge in [-0.2, -0.15) is 18.4 Å². The minimum atomic E-state index is -4.44. The monoisotopic (exact) mass is 420 g/mol. The third kappa shape index (κ3) is 5.22. The second kappa shape index (κ2) is 9.36. The lowest BCUT2D eigenvalue weighted by Crippen LogP contribution is -2.47. The molecule has 2 heterocycles. The Labute approximate surface area is 173 Å². The molecule has 2 fully saturated rings. The molecule has 1 aliphatic carbocycles. The molecule has 0 unspecified atom stereocenters. The number of alkyl halides is 3. The number of aromatic nitrogens is 1. The SMILES string of the molecule is C#C[C@H]1CC[C@@H](C#N)N1C(=O)CN[C@H]1CC[C@H](Oc2cc(C(F)(F)F)ccn2)CC1. The minimum Gasteiger partial charge on any atom is -0.474 e. The molecular formula is C21H23F3N4O2. The van der Waals surface area contributed by atoms with Crippen LogP contribution in [0.1, 0.15) is 44.1 Å². The fraction of sp³-hybridized carbons (Fsp3) is 0.571. The minimum absolute atomic E-state index is 0.0340. The summed E-state index contributed by atoms with van der Waals surface area (Å²) in [5.74, 6) is 2.35. The van der Waals surface area contributed by atoms with Crippen LogP contribution in [-0.2, 0) is 11.0 Å². The molecule has 1 saturated heterocycles. The predicted octanol–water partition coefficient (Wildman–Crippen LogP) is 2.90. The van der Waals surface area contributed by atoms with Gasteiger partial charge in [-0.25, -0.2) is 4.98 Å². The first-order valence-electron chi connectivity index (χ1n) is 9.92. The van der Waals surface area contributed by atoms with Gasteiger partial charge in [-0.15, -0.1) is 6.42 Å². The molecule has 0 bridgehead atoms. The van der Waals surface area contributed by atoms with E-state index in [1.807, 2.05) is 0 Å². The Morgan fingerprint density at radius 1 is 1.27 bits per heavy atom. The Morgan fingerprint density at radius 2 is 1.97 bits per heavy atom. The number of amides is 1. The smallest absolute Gasteiger partial charge is 0.416 e. The van der Waals surface area contributed by atoms with Crippen molar-refractivity contribution in [1.82, 2.24) is 15.2 Å². The third-order valence-electron chi connectivity index (χ3n) is 5.58. The van der Waals surface area contributed by atoms with Crippen LogP contribution in [0.25, 0.3) is 0 Å². The summed E-state index contributed by atoms with van der Waals surface area (Å²) in [6, 6.07) is 3.22. The highest BCUT2D eigenvalue weighted by molar-refractivity contribution is 5.80. The Hall–Kier alpha value is -2.78. The van der Waals surface area contributed by atoms with Crippen molar-refractivity contribution in [1.29, 1.82) is 5.26 Å². The molecule has 1 aromatic heterocycles. The maximum atomic E-state index is 12.8. The first kappa shape index (κ1) is 21.9. The van der Waals surface area contributed by atoms with Gasteiger partial charge in [0.15, 0.2) is 0 Å². The van der Waals surface area contributed by atoms with Crippen molar-refractivity contribution < 1.29 is 22.7 Å². The average molecular weight is 420 g/mol. The number of nitrogens with zero attached hydrogens (tertiary/aromatic N) is 3. The summed E-state index contributed by atoms with van der Waals surface area (Å²) in [6.45, 7) is 0.0989. The van der Waals surface area contributed by atoms with Crippen LogP contribution in [0.4, 0.5) is 13.2 Å². The number of hydrogen-bond donors (Lipinski definition) is 1. The van der Waals surface area contributed by atoms with Crippen molar-refractivity contribution in [3.05, 3.63) is 23.9 Å².